The van der Waals surface area contributed by atoms with Crippen molar-refractivity contribution in [3.05, 3.63) is 95.7 Å². The predicted molar refractivity (Wildman–Crippen MR) is 123 cm³/mol. The summed E-state index contributed by atoms with van der Waals surface area (Å²) in [7, 11) is 0. The van der Waals surface area contributed by atoms with Crippen molar-refractivity contribution in [2.45, 2.75) is 32.7 Å². The van der Waals surface area contributed by atoms with E-state index in [9.17, 15) is 18.0 Å². The molecule has 0 radical (unpaired) electrons. The minimum Gasteiger partial charge on any atom is -0.489 e. The molecule has 0 spiro atoms. The van der Waals surface area contributed by atoms with Crippen molar-refractivity contribution in [2.24, 2.45) is 0 Å². The summed E-state index contributed by atoms with van der Waals surface area (Å²) >= 11 is 0. The number of pyridine rings is 1. The SMILES string of the molecule is CCC(=O)OCc1cccc(COc2cccc(-c3ccnc4c(C(F)(F)F)cccc34)c2)c1. The largest absolute Gasteiger partial charge is 0.489 e. The van der Waals surface area contributed by atoms with E-state index in [4.69, 9.17) is 9.47 Å². The third-order valence-electron chi connectivity index (χ3n) is 5.31. The predicted octanol–water partition coefficient (Wildman–Crippen LogP) is 6.95. The fraction of sp³-hybridized carbons (Fsp3) is 0.185. The number of carbonyl (C=O) groups is 1. The summed E-state index contributed by atoms with van der Waals surface area (Å²) in [6, 6.07) is 20.5. The van der Waals surface area contributed by atoms with Gasteiger partial charge in [-0.3, -0.25) is 9.78 Å². The van der Waals surface area contributed by atoms with Gasteiger partial charge in [0.15, 0.2) is 0 Å². The normalized spacial score (nSPS) is 11.4. The number of carbonyl (C=O) groups excluding carboxylic acids is 1. The first kappa shape index (κ1) is 23.3. The molecule has 0 saturated carbocycles. The number of benzene rings is 3. The lowest BCUT2D eigenvalue weighted by Crippen LogP contribution is -2.06. The topological polar surface area (TPSA) is 48.4 Å². The van der Waals surface area contributed by atoms with Crippen LogP contribution in [0.1, 0.15) is 30.0 Å². The van der Waals surface area contributed by atoms with E-state index >= 15 is 0 Å². The van der Waals surface area contributed by atoms with Gasteiger partial charge in [-0.1, -0.05) is 49.4 Å². The summed E-state index contributed by atoms with van der Waals surface area (Å²) in [5.41, 5.74) is 2.29. The molecule has 0 N–H and O–H groups in total. The minimum atomic E-state index is -4.49. The van der Waals surface area contributed by atoms with Gasteiger partial charge in [0.1, 0.15) is 19.0 Å². The van der Waals surface area contributed by atoms with Gasteiger partial charge in [0.2, 0.25) is 0 Å². The standard InChI is InChI=1S/C27H22F3NO3/c1-2-25(32)34-17-19-7-3-6-18(14-19)16-33-21-9-4-8-20(15-21)22-12-13-31-26-23(22)10-5-11-24(26)27(28,29)30/h3-15H,2,16-17H2,1H3. The number of hydrogen-bond donors (Lipinski definition) is 0. The third kappa shape index (κ3) is 5.36. The van der Waals surface area contributed by atoms with Crippen molar-refractivity contribution in [3.8, 4) is 16.9 Å². The number of halogens is 3. The van der Waals surface area contributed by atoms with Gasteiger partial charge in [-0.15, -0.1) is 0 Å². The Morgan fingerprint density at radius 2 is 1.65 bits per heavy atom. The van der Waals surface area contributed by atoms with Crippen LogP contribution in [0, 0.1) is 0 Å². The summed E-state index contributed by atoms with van der Waals surface area (Å²) in [6.07, 6.45) is -2.78. The molecule has 0 saturated heterocycles. The van der Waals surface area contributed by atoms with E-state index < -0.39 is 11.7 Å². The van der Waals surface area contributed by atoms with Gasteiger partial charge in [-0.2, -0.15) is 13.2 Å². The van der Waals surface area contributed by atoms with Crippen LogP contribution in [-0.2, 0) is 28.9 Å². The zero-order valence-electron chi connectivity index (χ0n) is 18.4. The van der Waals surface area contributed by atoms with Crippen LogP contribution in [0.25, 0.3) is 22.0 Å². The molecule has 0 aliphatic rings. The van der Waals surface area contributed by atoms with Crippen molar-refractivity contribution in [1.29, 1.82) is 0 Å². The number of fused-ring (bicyclic) bond motifs is 1. The zero-order valence-corrected chi connectivity index (χ0v) is 18.4. The molecule has 0 amide bonds. The average molecular weight is 465 g/mol. The maximum atomic E-state index is 13.4. The van der Waals surface area contributed by atoms with Crippen LogP contribution in [0.3, 0.4) is 0 Å². The Bertz CT molecular complexity index is 1320. The van der Waals surface area contributed by atoms with E-state index in [0.717, 1.165) is 22.8 Å². The molecule has 1 aromatic heterocycles. The molecule has 3 aromatic carbocycles. The summed E-state index contributed by atoms with van der Waals surface area (Å²) in [6.45, 7) is 2.23. The Balaban J connectivity index is 1.55. The molecular formula is C27H22F3NO3. The number of hydrogen-bond acceptors (Lipinski definition) is 4. The highest BCUT2D eigenvalue weighted by Crippen LogP contribution is 2.37. The number of ether oxygens (including phenoxy) is 2. The Morgan fingerprint density at radius 3 is 2.41 bits per heavy atom. The maximum absolute atomic E-state index is 13.4. The minimum absolute atomic E-state index is 0.0839. The molecule has 0 aliphatic carbocycles. The van der Waals surface area contributed by atoms with Gasteiger partial charge in [0, 0.05) is 18.0 Å². The van der Waals surface area contributed by atoms with Crippen LogP contribution < -0.4 is 4.74 Å². The van der Waals surface area contributed by atoms with Gasteiger partial charge in [0.25, 0.3) is 0 Å². The second-order valence-electron chi connectivity index (χ2n) is 7.71. The van der Waals surface area contributed by atoms with E-state index in [2.05, 4.69) is 4.98 Å². The molecule has 0 aliphatic heterocycles. The summed E-state index contributed by atoms with van der Waals surface area (Å²) in [4.78, 5) is 15.4. The first-order valence-electron chi connectivity index (χ1n) is 10.8. The van der Waals surface area contributed by atoms with Crippen LogP contribution in [0.4, 0.5) is 13.2 Å². The summed E-state index contributed by atoms with van der Waals surface area (Å²) < 4.78 is 51.4. The van der Waals surface area contributed by atoms with Gasteiger partial charge in [0.05, 0.1) is 11.1 Å². The van der Waals surface area contributed by atoms with Crippen LogP contribution >= 0.6 is 0 Å². The van der Waals surface area contributed by atoms with Crippen molar-refractivity contribution in [2.75, 3.05) is 0 Å². The number of nitrogens with zero attached hydrogens (tertiary/aromatic N) is 1. The molecule has 0 unspecified atom stereocenters. The molecule has 0 fully saturated rings. The highest BCUT2D eigenvalue weighted by atomic mass is 19.4. The maximum Gasteiger partial charge on any atom is 0.418 e. The van der Waals surface area contributed by atoms with Crippen molar-refractivity contribution >= 4 is 16.9 Å². The Hall–Kier alpha value is -3.87. The molecule has 174 valence electrons. The van der Waals surface area contributed by atoms with E-state index in [0.29, 0.717) is 23.1 Å². The summed E-state index contributed by atoms with van der Waals surface area (Å²) in [5, 5.41) is 0.420. The summed E-state index contributed by atoms with van der Waals surface area (Å²) in [5.74, 6) is 0.321. The second kappa shape index (κ2) is 9.95. The molecule has 7 heteroatoms. The lowest BCUT2D eigenvalue weighted by Gasteiger charge is -2.13. The Labute approximate surface area is 195 Å². The molecule has 1 heterocycles. The average Bonchev–Trinajstić information content (AvgIpc) is 2.85. The number of aromatic nitrogens is 1. The van der Waals surface area contributed by atoms with Gasteiger partial charge in [-0.05, 0) is 52.6 Å². The second-order valence-corrected chi connectivity index (χ2v) is 7.71. The fourth-order valence-electron chi connectivity index (χ4n) is 3.65. The lowest BCUT2D eigenvalue weighted by atomic mass is 9.99. The van der Waals surface area contributed by atoms with Crippen LogP contribution in [0.2, 0.25) is 0 Å². The van der Waals surface area contributed by atoms with Gasteiger partial charge < -0.3 is 9.47 Å². The third-order valence-corrected chi connectivity index (χ3v) is 5.31. The molecule has 0 atom stereocenters. The van der Waals surface area contributed by atoms with Crippen molar-refractivity contribution in [1.82, 2.24) is 4.98 Å². The van der Waals surface area contributed by atoms with Crippen LogP contribution in [0.15, 0.2) is 79.0 Å². The zero-order chi connectivity index (χ0) is 24.1. The van der Waals surface area contributed by atoms with Gasteiger partial charge >= 0.3 is 12.1 Å². The molecule has 4 nitrogen and oxygen atoms in total. The Kier molecular flexibility index (Phi) is 6.82. The highest BCUT2D eigenvalue weighted by molar-refractivity contribution is 5.96. The quantitative estimate of drug-likeness (QED) is 0.277. The Morgan fingerprint density at radius 1 is 0.912 bits per heavy atom. The molecule has 4 aromatic rings. The number of rotatable bonds is 7. The molecule has 34 heavy (non-hydrogen) atoms. The number of esters is 1. The monoisotopic (exact) mass is 465 g/mol. The number of alkyl halides is 3. The van der Waals surface area contributed by atoms with Gasteiger partial charge in [-0.25, -0.2) is 0 Å². The van der Waals surface area contributed by atoms with E-state index in [1.807, 2.05) is 30.3 Å². The van der Waals surface area contributed by atoms with E-state index in [1.165, 1.54) is 12.3 Å². The number of para-hydroxylation sites is 1. The highest BCUT2D eigenvalue weighted by Gasteiger charge is 2.33. The smallest absolute Gasteiger partial charge is 0.418 e. The van der Waals surface area contributed by atoms with Crippen LogP contribution in [-0.4, -0.2) is 11.0 Å². The van der Waals surface area contributed by atoms with Crippen molar-refractivity contribution in [3.63, 3.8) is 0 Å². The van der Waals surface area contributed by atoms with E-state index in [-0.39, 0.29) is 24.7 Å². The molecular weight excluding hydrogens is 443 g/mol. The van der Waals surface area contributed by atoms with Crippen LogP contribution in [0.5, 0.6) is 5.75 Å². The molecule has 4 rings (SSSR count). The first-order chi connectivity index (χ1) is 16.3. The fourth-order valence-corrected chi connectivity index (χ4v) is 3.65. The lowest BCUT2D eigenvalue weighted by molar-refractivity contribution is -0.144. The van der Waals surface area contributed by atoms with E-state index in [1.54, 1.807) is 37.3 Å². The first-order valence-corrected chi connectivity index (χ1v) is 10.8. The molecule has 0 bridgehead atoms. The van der Waals surface area contributed by atoms with Crippen molar-refractivity contribution < 1.29 is 27.4 Å².